The van der Waals surface area contributed by atoms with E-state index >= 15 is 0 Å². The fraction of sp³-hybridized carbons (Fsp3) is 0.538. The molecule has 1 aliphatic rings. The molecule has 0 aliphatic carbocycles. The summed E-state index contributed by atoms with van der Waals surface area (Å²) in [4.78, 5) is 8.96. The summed E-state index contributed by atoms with van der Waals surface area (Å²) in [5.41, 5.74) is 1.71. The van der Waals surface area contributed by atoms with Gasteiger partial charge in [0.15, 0.2) is 5.65 Å². The number of hydrogen-bond acceptors (Lipinski definition) is 3. The maximum Gasteiger partial charge on any atom is 0.160 e. The van der Waals surface area contributed by atoms with Gasteiger partial charge in [0.2, 0.25) is 0 Å². The van der Waals surface area contributed by atoms with Crippen LogP contribution in [0.3, 0.4) is 0 Å². The highest BCUT2D eigenvalue weighted by molar-refractivity contribution is 8.00. The first-order valence-electron chi connectivity index (χ1n) is 6.32. The highest BCUT2D eigenvalue weighted by atomic mass is 35.5. The van der Waals surface area contributed by atoms with Crippen LogP contribution < -0.4 is 0 Å². The standard InChI is InChI=1S/C13H15Cl2N3S/c1-13(3-2-4-19-13)8-18-11(6-14)17-10-5-9(15)7-16-12(10)18/h5,7H,2-4,6,8H2,1H3. The second kappa shape index (κ2) is 5.15. The SMILES string of the molecule is CC1(Cn2c(CCl)nc3cc(Cl)cnc32)CCCS1. The molecule has 0 spiro atoms. The molecule has 1 atom stereocenters. The fourth-order valence-corrected chi connectivity index (χ4v) is 4.24. The number of halogens is 2. The zero-order valence-electron chi connectivity index (χ0n) is 10.7. The largest absolute Gasteiger partial charge is 0.310 e. The van der Waals surface area contributed by atoms with E-state index in [1.54, 1.807) is 6.20 Å². The number of nitrogens with zero attached hydrogens (tertiary/aromatic N) is 3. The second-order valence-corrected chi connectivity index (χ2v) is 7.53. The van der Waals surface area contributed by atoms with Gasteiger partial charge in [0.1, 0.15) is 11.3 Å². The number of alkyl halides is 1. The van der Waals surface area contributed by atoms with E-state index in [2.05, 4.69) is 21.5 Å². The summed E-state index contributed by atoms with van der Waals surface area (Å²) in [6.45, 7) is 3.22. The molecule has 3 heterocycles. The van der Waals surface area contributed by atoms with Crippen molar-refractivity contribution < 1.29 is 0 Å². The maximum absolute atomic E-state index is 6.02. The smallest absolute Gasteiger partial charge is 0.160 e. The van der Waals surface area contributed by atoms with Crippen molar-refractivity contribution in [2.45, 2.75) is 36.9 Å². The van der Waals surface area contributed by atoms with E-state index in [4.69, 9.17) is 23.2 Å². The van der Waals surface area contributed by atoms with E-state index in [1.807, 2.05) is 17.8 Å². The lowest BCUT2D eigenvalue weighted by Crippen LogP contribution is -2.24. The lowest BCUT2D eigenvalue weighted by atomic mass is 10.1. The van der Waals surface area contributed by atoms with Crippen LogP contribution in [0.15, 0.2) is 12.3 Å². The van der Waals surface area contributed by atoms with Crippen molar-refractivity contribution in [2.75, 3.05) is 5.75 Å². The van der Waals surface area contributed by atoms with E-state index < -0.39 is 0 Å². The lowest BCUT2D eigenvalue weighted by Gasteiger charge is -2.24. The highest BCUT2D eigenvalue weighted by Gasteiger charge is 2.31. The minimum absolute atomic E-state index is 0.260. The molecule has 1 saturated heterocycles. The molecule has 6 heteroatoms. The third-order valence-corrected chi connectivity index (χ3v) is 5.51. The molecule has 19 heavy (non-hydrogen) atoms. The number of rotatable bonds is 3. The molecule has 0 radical (unpaired) electrons. The zero-order chi connectivity index (χ0) is 13.5. The van der Waals surface area contributed by atoms with E-state index in [0.717, 1.165) is 23.5 Å². The van der Waals surface area contributed by atoms with Gasteiger partial charge in [0.25, 0.3) is 0 Å². The van der Waals surface area contributed by atoms with Gasteiger partial charge in [-0.25, -0.2) is 9.97 Å². The van der Waals surface area contributed by atoms with Crippen molar-refractivity contribution in [1.82, 2.24) is 14.5 Å². The van der Waals surface area contributed by atoms with Crippen molar-refractivity contribution >= 4 is 46.1 Å². The quantitative estimate of drug-likeness (QED) is 0.799. The fourth-order valence-electron chi connectivity index (χ4n) is 2.60. The van der Waals surface area contributed by atoms with Gasteiger partial charge >= 0.3 is 0 Å². The van der Waals surface area contributed by atoms with E-state index in [9.17, 15) is 0 Å². The Morgan fingerprint density at radius 3 is 3.05 bits per heavy atom. The van der Waals surface area contributed by atoms with Crippen LogP contribution in [0.4, 0.5) is 0 Å². The van der Waals surface area contributed by atoms with Gasteiger partial charge < -0.3 is 4.57 Å². The Balaban J connectivity index is 2.05. The predicted octanol–water partition coefficient (Wildman–Crippen LogP) is 4.11. The topological polar surface area (TPSA) is 30.7 Å². The van der Waals surface area contributed by atoms with Crippen molar-refractivity contribution in [3.05, 3.63) is 23.1 Å². The summed E-state index contributed by atoms with van der Waals surface area (Å²) in [5.74, 6) is 2.51. The summed E-state index contributed by atoms with van der Waals surface area (Å²) < 4.78 is 2.41. The molecule has 0 saturated carbocycles. The van der Waals surface area contributed by atoms with Crippen LogP contribution in [0.1, 0.15) is 25.6 Å². The molecule has 102 valence electrons. The zero-order valence-corrected chi connectivity index (χ0v) is 13.0. The second-order valence-electron chi connectivity index (χ2n) is 5.15. The van der Waals surface area contributed by atoms with Crippen molar-refractivity contribution in [2.24, 2.45) is 0 Å². The molecule has 3 nitrogen and oxygen atoms in total. The van der Waals surface area contributed by atoms with Crippen LogP contribution in [0.5, 0.6) is 0 Å². The molecule has 1 fully saturated rings. The van der Waals surface area contributed by atoms with Gasteiger partial charge in [-0.05, 0) is 31.6 Å². The monoisotopic (exact) mass is 315 g/mol. The third-order valence-electron chi connectivity index (χ3n) is 3.54. The molecular formula is C13H15Cl2N3S. The van der Waals surface area contributed by atoms with E-state index in [1.165, 1.54) is 18.6 Å². The molecule has 1 aliphatic heterocycles. The number of imidazole rings is 1. The van der Waals surface area contributed by atoms with Crippen LogP contribution in [0.25, 0.3) is 11.2 Å². The average molecular weight is 316 g/mol. The molecule has 2 aromatic rings. The first kappa shape index (κ1) is 13.5. The van der Waals surface area contributed by atoms with Crippen LogP contribution >= 0.6 is 35.0 Å². The molecule has 0 N–H and O–H groups in total. The van der Waals surface area contributed by atoms with Gasteiger partial charge in [-0.2, -0.15) is 11.8 Å². The van der Waals surface area contributed by atoms with Gasteiger partial charge in [-0.3, -0.25) is 0 Å². The minimum atomic E-state index is 0.260. The maximum atomic E-state index is 6.02. The average Bonchev–Trinajstić information content (AvgIpc) is 2.94. The molecule has 0 aromatic carbocycles. The number of pyridine rings is 1. The molecular weight excluding hydrogens is 301 g/mol. The Labute approximate surface area is 126 Å². The third kappa shape index (κ3) is 2.58. The van der Waals surface area contributed by atoms with Crippen LogP contribution in [0.2, 0.25) is 5.02 Å². The Kier molecular flexibility index (Phi) is 3.67. The van der Waals surface area contributed by atoms with Crippen LogP contribution in [0, 0.1) is 0 Å². The number of thioether (sulfide) groups is 1. The van der Waals surface area contributed by atoms with Crippen molar-refractivity contribution in [3.63, 3.8) is 0 Å². The number of hydrogen-bond donors (Lipinski definition) is 0. The normalized spacial score (nSPS) is 23.3. The molecule has 0 amide bonds. The minimum Gasteiger partial charge on any atom is -0.310 e. The Bertz CT molecular complexity index is 605. The summed E-state index contributed by atoms with van der Waals surface area (Å²) in [7, 11) is 0. The highest BCUT2D eigenvalue weighted by Crippen LogP contribution is 2.39. The Hall–Kier alpha value is -0.450. The van der Waals surface area contributed by atoms with Crippen LogP contribution in [-0.4, -0.2) is 25.0 Å². The Morgan fingerprint density at radius 1 is 1.53 bits per heavy atom. The van der Waals surface area contributed by atoms with Crippen LogP contribution in [-0.2, 0) is 12.4 Å². The number of aromatic nitrogens is 3. The number of fused-ring (bicyclic) bond motifs is 1. The molecule has 3 rings (SSSR count). The molecule has 2 aromatic heterocycles. The summed E-state index contributed by atoms with van der Waals surface area (Å²) >= 11 is 14.0. The summed E-state index contributed by atoms with van der Waals surface area (Å²) in [6.07, 6.45) is 4.18. The van der Waals surface area contributed by atoms with Gasteiger partial charge in [0.05, 0.1) is 10.9 Å². The van der Waals surface area contributed by atoms with Crippen molar-refractivity contribution in [3.8, 4) is 0 Å². The van der Waals surface area contributed by atoms with Gasteiger partial charge in [-0.1, -0.05) is 11.6 Å². The Morgan fingerprint density at radius 2 is 2.37 bits per heavy atom. The predicted molar refractivity (Wildman–Crippen MR) is 82.2 cm³/mol. The molecule has 0 bridgehead atoms. The first-order valence-corrected chi connectivity index (χ1v) is 8.22. The molecule has 1 unspecified atom stereocenters. The van der Waals surface area contributed by atoms with Gasteiger partial charge in [-0.15, -0.1) is 11.6 Å². The van der Waals surface area contributed by atoms with E-state index in [0.29, 0.717) is 10.9 Å². The first-order chi connectivity index (χ1) is 9.11. The summed E-state index contributed by atoms with van der Waals surface area (Å²) in [6, 6.07) is 1.85. The van der Waals surface area contributed by atoms with E-state index in [-0.39, 0.29) is 4.75 Å². The lowest BCUT2D eigenvalue weighted by molar-refractivity contribution is 0.508. The van der Waals surface area contributed by atoms with Gasteiger partial charge in [0, 0.05) is 17.5 Å². The van der Waals surface area contributed by atoms with Crippen molar-refractivity contribution in [1.29, 1.82) is 0 Å². The summed E-state index contributed by atoms with van der Waals surface area (Å²) in [5, 5.41) is 0.611.